The van der Waals surface area contributed by atoms with Gasteiger partial charge in [-0.15, -0.1) is 0 Å². The lowest BCUT2D eigenvalue weighted by Crippen LogP contribution is -2.46. The van der Waals surface area contributed by atoms with Gasteiger partial charge in [0.15, 0.2) is 0 Å². The second kappa shape index (κ2) is 4.90. The molecule has 1 aliphatic carbocycles. The molecule has 2 fully saturated rings. The van der Waals surface area contributed by atoms with Gasteiger partial charge in [0.25, 0.3) is 0 Å². The molecule has 1 saturated carbocycles. The molecule has 1 unspecified atom stereocenters. The fourth-order valence-electron chi connectivity index (χ4n) is 2.89. The predicted molar refractivity (Wildman–Crippen MR) is 61.2 cm³/mol. The molecule has 0 aromatic carbocycles. The third kappa shape index (κ3) is 2.35. The minimum absolute atomic E-state index is 0.219. The lowest BCUT2D eigenvalue weighted by atomic mass is 9.74. The van der Waals surface area contributed by atoms with Gasteiger partial charge in [-0.2, -0.15) is 0 Å². The van der Waals surface area contributed by atoms with Crippen LogP contribution in [0.25, 0.3) is 0 Å². The van der Waals surface area contributed by atoms with Crippen LogP contribution < -0.4 is 0 Å². The first-order valence-electron chi connectivity index (χ1n) is 6.20. The number of ether oxygens (including phenoxy) is 2. The van der Waals surface area contributed by atoms with E-state index in [0.29, 0.717) is 13.0 Å². The average Bonchev–Trinajstić information content (AvgIpc) is 2.77. The number of cyclic esters (lactones) is 1. The van der Waals surface area contributed by atoms with Crippen LogP contribution >= 0.6 is 0 Å². The molecule has 1 saturated heterocycles. The zero-order chi connectivity index (χ0) is 12.3. The van der Waals surface area contributed by atoms with Gasteiger partial charge in [-0.3, -0.25) is 4.79 Å². The maximum Gasteiger partial charge on any atom is 0.330 e. The van der Waals surface area contributed by atoms with Gasteiger partial charge in [-0.25, -0.2) is 4.79 Å². The van der Waals surface area contributed by atoms with Crippen molar-refractivity contribution in [3.8, 4) is 0 Å². The third-order valence-corrected chi connectivity index (χ3v) is 3.74. The molecule has 0 bridgehead atoms. The number of esters is 2. The summed E-state index contributed by atoms with van der Waals surface area (Å²) in [4.78, 5) is 23.2. The van der Waals surface area contributed by atoms with Gasteiger partial charge in [-0.05, 0) is 32.1 Å². The van der Waals surface area contributed by atoms with Crippen molar-refractivity contribution < 1.29 is 19.1 Å². The summed E-state index contributed by atoms with van der Waals surface area (Å²) in [5.41, 5.74) is -0.642. The summed E-state index contributed by atoms with van der Waals surface area (Å²) < 4.78 is 10.5. The minimum atomic E-state index is -0.642. The van der Waals surface area contributed by atoms with Gasteiger partial charge in [0, 0.05) is 6.08 Å². The molecule has 17 heavy (non-hydrogen) atoms. The standard InChI is InChI=1S/C13H18O4/c1-2-11(14)17-13(7-4-3-5-8-13)10-6-9-16-12(10)15/h2,10H,1,3-9H2. The molecule has 0 radical (unpaired) electrons. The molecule has 94 valence electrons. The largest absolute Gasteiger partial charge is 0.465 e. The first-order valence-corrected chi connectivity index (χ1v) is 6.20. The number of carbonyl (C=O) groups excluding carboxylic acids is 2. The quantitative estimate of drug-likeness (QED) is 0.557. The molecule has 1 aliphatic heterocycles. The van der Waals surface area contributed by atoms with Crippen LogP contribution in [0.5, 0.6) is 0 Å². The number of rotatable bonds is 3. The second-order valence-corrected chi connectivity index (χ2v) is 4.76. The Balaban J connectivity index is 2.19. The SMILES string of the molecule is C=CC(=O)OC1(C2CCOC2=O)CCCCC1. The third-order valence-electron chi connectivity index (χ3n) is 3.74. The van der Waals surface area contributed by atoms with Crippen molar-refractivity contribution in [1.29, 1.82) is 0 Å². The molecule has 0 aromatic heterocycles. The summed E-state index contributed by atoms with van der Waals surface area (Å²) in [6.07, 6.45) is 6.45. The Morgan fingerprint density at radius 2 is 2.12 bits per heavy atom. The van der Waals surface area contributed by atoms with Crippen molar-refractivity contribution in [1.82, 2.24) is 0 Å². The predicted octanol–water partition coefficient (Wildman–Crippen LogP) is 1.98. The highest BCUT2D eigenvalue weighted by molar-refractivity contribution is 5.83. The number of carbonyl (C=O) groups is 2. The molecule has 1 heterocycles. The maximum absolute atomic E-state index is 11.7. The Kier molecular flexibility index (Phi) is 3.50. The summed E-state index contributed by atoms with van der Waals surface area (Å²) in [6.45, 7) is 3.85. The monoisotopic (exact) mass is 238 g/mol. The van der Waals surface area contributed by atoms with Crippen LogP contribution in [0.3, 0.4) is 0 Å². The highest BCUT2D eigenvalue weighted by Gasteiger charge is 2.49. The van der Waals surface area contributed by atoms with E-state index in [0.717, 1.165) is 38.2 Å². The zero-order valence-electron chi connectivity index (χ0n) is 9.94. The molecule has 0 aromatic rings. The van der Waals surface area contributed by atoms with Crippen molar-refractivity contribution in [3.05, 3.63) is 12.7 Å². The normalized spacial score (nSPS) is 27.3. The van der Waals surface area contributed by atoms with Gasteiger partial charge in [0.1, 0.15) is 5.60 Å². The maximum atomic E-state index is 11.7. The molecule has 4 heteroatoms. The average molecular weight is 238 g/mol. The van der Waals surface area contributed by atoms with Gasteiger partial charge < -0.3 is 9.47 Å². The number of hydrogen-bond acceptors (Lipinski definition) is 4. The van der Waals surface area contributed by atoms with E-state index in [-0.39, 0.29) is 11.9 Å². The van der Waals surface area contributed by atoms with Crippen LogP contribution in [0, 0.1) is 5.92 Å². The Hall–Kier alpha value is -1.32. The molecular weight excluding hydrogens is 220 g/mol. The van der Waals surface area contributed by atoms with Crippen LogP contribution in [0.4, 0.5) is 0 Å². The lowest BCUT2D eigenvalue weighted by Gasteiger charge is -2.39. The van der Waals surface area contributed by atoms with Crippen LogP contribution in [0.15, 0.2) is 12.7 Å². The van der Waals surface area contributed by atoms with E-state index in [1.807, 2.05) is 0 Å². The highest BCUT2D eigenvalue weighted by Crippen LogP contribution is 2.42. The molecule has 2 rings (SSSR count). The topological polar surface area (TPSA) is 52.6 Å². The van der Waals surface area contributed by atoms with Crippen LogP contribution in [-0.4, -0.2) is 24.1 Å². The van der Waals surface area contributed by atoms with Gasteiger partial charge in [0.05, 0.1) is 12.5 Å². The van der Waals surface area contributed by atoms with Crippen LogP contribution in [0.1, 0.15) is 38.5 Å². The van der Waals surface area contributed by atoms with E-state index in [1.165, 1.54) is 0 Å². The molecule has 0 amide bonds. The molecule has 0 N–H and O–H groups in total. The Labute approximate surface area is 101 Å². The van der Waals surface area contributed by atoms with Gasteiger partial charge in [0.2, 0.25) is 0 Å². The summed E-state index contributed by atoms with van der Waals surface area (Å²) in [7, 11) is 0. The van der Waals surface area contributed by atoms with E-state index >= 15 is 0 Å². The first kappa shape index (κ1) is 12.1. The Morgan fingerprint density at radius 3 is 2.65 bits per heavy atom. The molecule has 1 atom stereocenters. The van der Waals surface area contributed by atoms with Crippen molar-refractivity contribution in [2.45, 2.75) is 44.1 Å². The Bertz CT molecular complexity index is 328. The second-order valence-electron chi connectivity index (χ2n) is 4.76. The van der Waals surface area contributed by atoms with E-state index in [2.05, 4.69) is 6.58 Å². The van der Waals surface area contributed by atoms with Gasteiger partial charge >= 0.3 is 11.9 Å². The lowest BCUT2D eigenvalue weighted by molar-refractivity contribution is -0.170. The first-order chi connectivity index (χ1) is 8.18. The van der Waals surface area contributed by atoms with Crippen LogP contribution in [0.2, 0.25) is 0 Å². The van der Waals surface area contributed by atoms with E-state index < -0.39 is 11.6 Å². The van der Waals surface area contributed by atoms with Crippen molar-refractivity contribution in [2.75, 3.05) is 6.61 Å². The summed E-state index contributed by atoms with van der Waals surface area (Å²) in [5.74, 6) is -0.943. The fraction of sp³-hybridized carbons (Fsp3) is 0.692. The fourth-order valence-corrected chi connectivity index (χ4v) is 2.89. The van der Waals surface area contributed by atoms with E-state index in [9.17, 15) is 9.59 Å². The zero-order valence-corrected chi connectivity index (χ0v) is 9.94. The van der Waals surface area contributed by atoms with Crippen LogP contribution in [-0.2, 0) is 19.1 Å². The summed E-state index contributed by atoms with van der Waals surface area (Å²) in [6, 6.07) is 0. The number of hydrogen-bond donors (Lipinski definition) is 0. The highest BCUT2D eigenvalue weighted by atomic mass is 16.6. The van der Waals surface area contributed by atoms with E-state index in [1.54, 1.807) is 0 Å². The Morgan fingerprint density at radius 1 is 1.41 bits per heavy atom. The summed E-state index contributed by atoms with van der Waals surface area (Å²) in [5, 5.41) is 0. The smallest absolute Gasteiger partial charge is 0.330 e. The summed E-state index contributed by atoms with van der Waals surface area (Å²) >= 11 is 0. The van der Waals surface area contributed by atoms with Crippen molar-refractivity contribution in [2.24, 2.45) is 5.92 Å². The van der Waals surface area contributed by atoms with Crippen molar-refractivity contribution >= 4 is 11.9 Å². The molecule has 4 nitrogen and oxygen atoms in total. The molecule has 2 aliphatic rings. The minimum Gasteiger partial charge on any atom is -0.465 e. The molecular formula is C13H18O4. The van der Waals surface area contributed by atoms with Gasteiger partial charge in [-0.1, -0.05) is 13.0 Å². The van der Waals surface area contributed by atoms with Crippen molar-refractivity contribution in [3.63, 3.8) is 0 Å². The van der Waals surface area contributed by atoms with E-state index in [4.69, 9.17) is 9.47 Å². The molecule has 0 spiro atoms.